The molecule has 1 heteroatoms. The van der Waals surface area contributed by atoms with Crippen molar-refractivity contribution in [2.45, 2.75) is 58.2 Å². The number of hydrogen-bond acceptors (Lipinski definition) is 1. The minimum absolute atomic E-state index is 0.163. The van der Waals surface area contributed by atoms with Gasteiger partial charge in [-0.3, -0.25) is 0 Å². The van der Waals surface area contributed by atoms with Gasteiger partial charge in [-0.05, 0) is 51.4 Å². The van der Waals surface area contributed by atoms with Gasteiger partial charge >= 0.3 is 0 Å². The Morgan fingerprint density at radius 2 is 2.25 bits per heavy atom. The van der Waals surface area contributed by atoms with E-state index in [1.807, 2.05) is 0 Å². The van der Waals surface area contributed by atoms with Crippen molar-refractivity contribution in [1.82, 2.24) is 0 Å². The molecule has 0 radical (unpaired) electrons. The van der Waals surface area contributed by atoms with Crippen LogP contribution in [0, 0.1) is 11.8 Å². The highest BCUT2D eigenvalue weighted by Gasteiger charge is 2.47. The normalized spacial score (nSPS) is 33.8. The van der Waals surface area contributed by atoms with Crippen molar-refractivity contribution in [3.8, 4) is 0 Å². The molecular weight excluding hydrogens is 196 g/mol. The lowest BCUT2D eigenvalue weighted by Crippen LogP contribution is -2.14. The third-order valence-electron chi connectivity index (χ3n) is 4.16. The monoisotopic (exact) mass is 220 g/mol. The molecule has 0 spiro atoms. The first-order valence-electron chi connectivity index (χ1n) is 6.53. The Bertz CT molecular complexity index is 301. The smallest absolute Gasteiger partial charge is 0.0892 e. The van der Waals surface area contributed by atoms with E-state index in [1.165, 1.54) is 31.3 Å². The molecule has 0 aromatic heterocycles. The Balaban J connectivity index is 1.74. The van der Waals surface area contributed by atoms with Crippen LogP contribution in [-0.4, -0.2) is 11.7 Å². The van der Waals surface area contributed by atoms with Gasteiger partial charge in [-0.1, -0.05) is 31.2 Å². The predicted octanol–water partition coefficient (Wildman–Crippen LogP) is 4.10. The zero-order valence-corrected chi connectivity index (χ0v) is 10.8. The largest absolute Gasteiger partial charge is 0.367 e. The Labute approximate surface area is 99.6 Å². The highest BCUT2D eigenvalue weighted by atomic mass is 16.6. The summed E-state index contributed by atoms with van der Waals surface area (Å²) in [6.45, 7) is 10.8. The molecule has 90 valence electrons. The predicted molar refractivity (Wildman–Crippen MR) is 68.4 cm³/mol. The minimum Gasteiger partial charge on any atom is -0.367 e. The SMILES string of the molecule is C=C1C=CC(C(C)CCC2OC2(C)C)CC1. The second-order valence-electron chi connectivity index (χ2n) is 5.98. The van der Waals surface area contributed by atoms with Gasteiger partial charge in [0.15, 0.2) is 0 Å². The summed E-state index contributed by atoms with van der Waals surface area (Å²) in [5.74, 6) is 1.54. The van der Waals surface area contributed by atoms with Crippen LogP contribution < -0.4 is 0 Å². The lowest BCUT2D eigenvalue weighted by atomic mass is 9.81. The van der Waals surface area contributed by atoms with E-state index in [2.05, 4.69) is 39.5 Å². The summed E-state index contributed by atoms with van der Waals surface area (Å²) >= 11 is 0. The molecule has 0 saturated carbocycles. The number of ether oxygens (including phenoxy) is 1. The van der Waals surface area contributed by atoms with Crippen molar-refractivity contribution in [1.29, 1.82) is 0 Å². The van der Waals surface area contributed by atoms with Crippen molar-refractivity contribution < 1.29 is 4.74 Å². The molecule has 0 bridgehead atoms. The molecule has 1 saturated heterocycles. The van der Waals surface area contributed by atoms with Crippen molar-refractivity contribution in [2.75, 3.05) is 0 Å². The molecule has 2 aliphatic rings. The van der Waals surface area contributed by atoms with Crippen LogP contribution in [0.2, 0.25) is 0 Å². The molecule has 1 aliphatic heterocycles. The highest BCUT2D eigenvalue weighted by Crippen LogP contribution is 2.40. The van der Waals surface area contributed by atoms with Crippen LogP contribution in [0.1, 0.15) is 46.5 Å². The Hall–Kier alpha value is -0.560. The summed E-state index contributed by atoms with van der Waals surface area (Å²) in [6.07, 6.45) is 10.0. The second-order valence-corrected chi connectivity index (χ2v) is 5.98. The van der Waals surface area contributed by atoms with Gasteiger partial charge in [0.1, 0.15) is 0 Å². The Morgan fingerprint density at radius 1 is 1.56 bits per heavy atom. The number of hydrogen-bond donors (Lipinski definition) is 0. The fourth-order valence-electron chi connectivity index (χ4n) is 2.63. The molecule has 0 aromatic carbocycles. The first-order chi connectivity index (χ1) is 7.49. The van der Waals surface area contributed by atoms with Crippen LogP contribution in [-0.2, 0) is 4.74 Å². The molecule has 16 heavy (non-hydrogen) atoms. The van der Waals surface area contributed by atoms with Crippen LogP contribution in [0.5, 0.6) is 0 Å². The molecule has 2 rings (SSSR count). The lowest BCUT2D eigenvalue weighted by Gasteiger charge is -2.24. The van der Waals surface area contributed by atoms with Gasteiger partial charge in [0.2, 0.25) is 0 Å². The standard InChI is InChI=1S/C15H24O/c1-11-5-8-13(9-6-11)12(2)7-10-14-15(3,4)16-14/h5,8,12-14H,1,6-7,9-10H2,2-4H3. The summed E-state index contributed by atoms with van der Waals surface area (Å²) in [7, 11) is 0. The maximum atomic E-state index is 5.63. The molecular formula is C15H24O. The zero-order chi connectivity index (χ0) is 11.8. The number of rotatable bonds is 4. The van der Waals surface area contributed by atoms with Crippen molar-refractivity contribution in [3.63, 3.8) is 0 Å². The van der Waals surface area contributed by atoms with Crippen molar-refractivity contribution >= 4 is 0 Å². The molecule has 1 heterocycles. The van der Waals surface area contributed by atoms with Gasteiger partial charge in [0, 0.05) is 0 Å². The van der Waals surface area contributed by atoms with Crippen molar-refractivity contribution in [2.24, 2.45) is 11.8 Å². The third-order valence-corrected chi connectivity index (χ3v) is 4.16. The van der Waals surface area contributed by atoms with Gasteiger partial charge < -0.3 is 4.74 Å². The molecule has 0 amide bonds. The zero-order valence-electron chi connectivity index (χ0n) is 10.8. The molecule has 1 nitrogen and oxygen atoms in total. The van der Waals surface area contributed by atoms with Crippen LogP contribution in [0.15, 0.2) is 24.3 Å². The Kier molecular flexibility index (Phi) is 3.25. The minimum atomic E-state index is 0.163. The summed E-state index contributed by atoms with van der Waals surface area (Å²) < 4.78 is 5.63. The lowest BCUT2D eigenvalue weighted by molar-refractivity contribution is 0.303. The Morgan fingerprint density at radius 3 is 2.75 bits per heavy atom. The van der Waals surface area contributed by atoms with Crippen LogP contribution in [0.4, 0.5) is 0 Å². The quantitative estimate of drug-likeness (QED) is 0.650. The molecule has 1 aliphatic carbocycles. The van der Waals surface area contributed by atoms with E-state index in [0.717, 1.165) is 11.8 Å². The number of allylic oxidation sites excluding steroid dienone is 3. The molecule has 3 atom stereocenters. The van der Waals surface area contributed by atoms with Gasteiger partial charge in [-0.2, -0.15) is 0 Å². The second kappa shape index (κ2) is 4.37. The molecule has 0 N–H and O–H groups in total. The fraction of sp³-hybridized carbons (Fsp3) is 0.733. The first-order valence-corrected chi connectivity index (χ1v) is 6.53. The summed E-state index contributed by atoms with van der Waals surface area (Å²) in [5.41, 5.74) is 1.45. The average molecular weight is 220 g/mol. The van der Waals surface area contributed by atoms with E-state index in [4.69, 9.17) is 4.74 Å². The van der Waals surface area contributed by atoms with E-state index in [0.29, 0.717) is 6.10 Å². The van der Waals surface area contributed by atoms with Crippen LogP contribution in [0.25, 0.3) is 0 Å². The molecule has 1 fully saturated rings. The van der Waals surface area contributed by atoms with Crippen LogP contribution >= 0.6 is 0 Å². The molecule has 0 aromatic rings. The topological polar surface area (TPSA) is 12.5 Å². The van der Waals surface area contributed by atoms with E-state index >= 15 is 0 Å². The summed E-state index contributed by atoms with van der Waals surface area (Å²) in [5, 5.41) is 0. The fourth-order valence-corrected chi connectivity index (χ4v) is 2.63. The van der Waals surface area contributed by atoms with E-state index in [1.54, 1.807) is 0 Å². The van der Waals surface area contributed by atoms with Crippen molar-refractivity contribution in [3.05, 3.63) is 24.3 Å². The third kappa shape index (κ3) is 2.76. The van der Waals surface area contributed by atoms with E-state index in [9.17, 15) is 0 Å². The average Bonchev–Trinajstić information content (AvgIpc) is 2.84. The van der Waals surface area contributed by atoms with Gasteiger partial charge in [0.25, 0.3) is 0 Å². The van der Waals surface area contributed by atoms with Gasteiger partial charge in [-0.15, -0.1) is 0 Å². The van der Waals surface area contributed by atoms with Gasteiger partial charge in [-0.25, -0.2) is 0 Å². The maximum Gasteiger partial charge on any atom is 0.0892 e. The highest BCUT2D eigenvalue weighted by molar-refractivity contribution is 5.19. The van der Waals surface area contributed by atoms with Crippen LogP contribution in [0.3, 0.4) is 0 Å². The summed E-state index contributed by atoms with van der Waals surface area (Å²) in [6, 6.07) is 0. The number of epoxide rings is 1. The van der Waals surface area contributed by atoms with Gasteiger partial charge in [0.05, 0.1) is 11.7 Å². The first kappa shape index (κ1) is 11.9. The van der Waals surface area contributed by atoms with E-state index in [-0.39, 0.29) is 5.60 Å². The summed E-state index contributed by atoms with van der Waals surface area (Å²) in [4.78, 5) is 0. The van der Waals surface area contributed by atoms with E-state index < -0.39 is 0 Å². The maximum absolute atomic E-state index is 5.63. The molecule has 3 unspecified atom stereocenters.